The van der Waals surface area contributed by atoms with Gasteiger partial charge in [-0.15, -0.1) is 0 Å². The van der Waals surface area contributed by atoms with Gasteiger partial charge >= 0.3 is 0 Å². The molecule has 5 nitrogen and oxygen atoms in total. The first-order valence-corrected chi connectivity index (χ1v) is 10.8. The zero-order valence-electron chi connectivity index (χ0n) is 16.9. The number of benzene rings is 1. The molecule has 3 heterocycles. The lowest BCUT2D eigenvalue weighted by atomic mass is 10.1. The first-order chi connectivity index (χ1) is 14.9. The summed E-state index contributed by atoms with van der Waals surface area (Å²) < 4.78 is 1.78. The minimum absolute atomic E-state index is 0.0893. The number of rotatable bonds is 5. The molecule has 1 amide bonds. The van der Waals surface area contributed by atoms with E-state index in [-0.39, 0.29) is 12.3 Å². The normalized spacial score (nSPS) is 11.1. The van der Waals surface area contributed by atoms with Crippen molar-refractivity contribution in [3.8, 4) is 11.3 Å². The minimum Gasteiger partial charge on any atom is -0.300 e. The van der Waals surface area contributed by atoms with Crippen LogP contribution in [0.25, 0.3) is 16.9 Å². The Morgan fingerprint density at radius 1 is 1.10 bits per heavy atom. The summed E-state index contributed by atoms with van der Waals surface area (Å²) in [6, 6.07) is 12.8. The molecule has 0 unspecified atom stereocenters. The fourth-order valence-electron chi connectivity index (χ4n) is 3.52. The number of halogens is 3. The van der Waals surface area contributed by atoms with Crippen LogP contribution in [0.1, 0.15) is 18.2 Å². The molecular formula is C23H19Cl3N4O. The van der Waals surface area contributed by atoms with Crippen LogP contribution in [0, 0.1) is 0 Å². The maximum absolute atomic E-state index is 13.3. The highest BCUT2D eigenvalue weighted by Gasteiger charge is 2.22. The van der Waals surface area contributed by atoms with Gasteiger partial charge in [0.15, 0.2) is 5.65 Å². The van der Waals surface area contributed by atoms with E-state index in [1.807, 2.05) is 31.2 Å². The fourth-order valence-corrected chi connectivity index (χ4v) is 4.16. The van der Waals surface area contributed by atoms with E-state index < -0.39 is 0 Å². The number of amides is 1. The Kier molecular flexibility index (Phi) is 6.19. The van der Waals surface area contributed by atoms with Gasteiger partial charge in [-0.3, -0.25) is 9.69 Å². The van der Waals surface area contributed by atoms with Crippen LogP contribution in [0.15, 0.2) is 54.9 Å². The zero-order valence-corrected chi connectivity index (χ0v) is 19.2. The lowest BCUT2D eigenvalue weighted by molar-refractivity contribution is -0.117. The van der Waals surface area contributed by atoms with Crippen LogP contribution < -0.4 is 4.90 Å². The molecule has 0 spiro atoms. The molecule has 31 heavy (non-hydrogen) atoms. The van der Waals surface area contributed by atoms with Crippen molar-refractivity contribution in [3.63, 3.8) is 0 Å². The van der Waals surface area contributed by atoms with Crippen molar-refractivity contribution in [3.05, 3.63) is 81.2 Å². The lowest BCUT2D eigenvalue weighted by Crippen LogP contribution is -2.30. The third-order valence-electron chi connectivity index (χ3n) is 5.12. The Morgan fingerprint density at radius 2 is 1.84 bits per heavy atom. The highest BCUT2D eigenvalue weighted by molar-refractivity contribution is 6.36. The summed E-state index contributed by atoms with van der Waals surface area (Å²) in [5.41, 5.74) is 3.71. The maximum Gasteiger partial charge on any atom is 0.233 e. The van der Waals surface area contributed by atoms with Crippen molar-refractivity contribution in [2.45, 2.75) is 19.8 Å². The number of aromatic nitrogens is 3. The number of pyridine rings is 2. The van der Waals surface area contributed by atoms with E-state index in [1.165, 1.54) is 0 Å². The molecule has 0 saturated heterocycles. The number of hydrogen-bond acceptors (Lipinski definition) is 3. The molecule has 4 rings (SSSR count). The highest BCUT2D eigenvalue weighted by atomic mass is 35.5. The van der Waals surface area contributed by atoms with E-state index in [0.717, 1.165) is 17.5 Å². The van der Waals surface area contributed by atoms with Crippen LogP contribution in [0.4, 0.5) is 5.82 Å². The van der Waals surface area contributed by atoms with Crippen molar-refractivity contribution in [1.29, 1.82) is 0 Å². The number of aryl methyl sites for hydroxylation is 1. The van der Waals surface area contributed by atoms with E-state index in [0.29, 0.717) is 37.9 Å². The molecule has 0 fully saturated rings. The van der Waals surface area contributed by atoms with Crippen molar-refractivity contribution in [2.24, 2.45) is 0 Å². The second-order valence-corrected chi connectivity index (χ2v) is 8.36. The van der Waals surface area contributed by atoms with Gasteiger partial charge in [-0.2, -0.15) is 0 Å². The maximum atomic E-state index is 13.3. The van der Waals surface area contributed by atoms with Gasteiger partial charge in [0.2, 0.25) is 5.91 Å². The van der Waals surface area contributed by atoms with Gasteiger partial charge in [0.1, 0.15) is 5.82 Å². The molecule has 0 aliphatic rings. The second-order valence-electron chi connectivity index (χ2n) is 7.08. The molecule has 0 bridgehead atoms. The largest absolute Gasteiger partial charge is 0.300 e. The molecule has 0 saturated carbocycles. The number of anilines is 1. The Labute approximate surface area is 195 Å². The highest BCUT2D eigenvalue weighted by Crippen LogP contribution is 2.31. The van der Waals surface area contributed by atoms with Gasteiger partial charge in [0, 0.05) is 30.0 Å². The van der Waals surface area contributed by atoms with E-state index in [4.69, 9.17) is 39.8 Å². The third kappa shape index (κ3) is 4.26. The number of carbonyl (C=O) groups is 1. The zero-order chi connectivity index (χ0) is 22.1. The summed E-state index contributed by atoms with van der Waals surface area (Å²) in [7, 11) is 1.73. The molecule has 4 aromatic rings. The number of carbonyl (C=O) groups excluding carboxylic acids is 1. The van der Waals surface area contributed by atoms with Crippen molar-refractivity contribution in [1.82, 2.24) is 14.4 Å². The topological polar surface area (TPSA) is 50.5 Å². The second kappa shape index (κ2) is 8.87. The van der Waals surface area contributed by atoms with Crippen molar-refractivity contribution in [2.75, 3.05) is 11.9 Å². The summed E-state index contributed by atoms with van der Waals surface area (Å²) in [6.45, 7) is 2.03. The Balaban J connectivity index is 1.81. The summed E-state index contributed by atoms with van der Waals surface area (Å²) >= 11 is 18.7. The van der Waals surface area contributed by atoms with Crippen LogP contribution >= 0.6 is 34.8 Å². The number of hydrogen-bond donors (Lipinski definition) is 0. The van der Waals surface area contributed by atoms with Crippen LogP contribution in [0.3, 0.4) is 0 Å². The lowest BCUT2D eigenvalue weighted by Gasteiger charge is -2.19. The predicted octanol–water partition coefficient (Wildman–Crippen LogP) is 6.12. The van der Waals surface area contributed by atoms with Crippen LogP contribution in [-0.4, -0.2) is 27.3 Å². The van der Waals surface area contributed by atoms with Gasteiger partial charge in [0.25, 0.3) is 0 Å². The molecular weight excluding hydrogens is 455 g/mol. The van der Waals surface area contributed by atoms with Gasteiger partial charge in [-0.05, 0) is 36.2 Å². The van der Waals surface area contributed by atoms with Crippen LogP contribution in [0.5, 0.6) is 0 Å². The molecule has 0 N–H and O–H groups in total. The Hall–Kier alpha value is -2.60. The van der Waals surface area contributed by atoms with E-state index in [1.54, 1.807) is 46.9 Å². The molecule has 0 atom stereocenters. The predicted molar refractivity (Wildman–Crippen MR) is 126 cm³/mol. The number of likely N-dealkylation sites (N-methyl/N-ethyl adjacent to an activating group) is 1. The van der Waals surface area contributed by atoms with E-state index >= 15 is 0 Å². The average Bonchev–Trinajstić information content (AvgIpc) is 3.12. The monoisotopic (exact) mass is 472 g/mol. The van der Waals surface area contributed by atoms with Gasteiger partial charge in [-0.25, -0.2) is 9.97 Å². The quantitative estimate of drug-likeness (QED) is 0.350. The fraction of sp³-hybridized carbons (Fsp3) is 0.174. The number of fused-ring (bicyclic) bond motifs is 1. The van der Waals surface area contributed by atoms with Crippen LogP contribution in [0.2, 0.25) is 15.1 Å². The van der Waals surface area contributed by atoms with E-state index in [2.05, 4.69) is 4.98 Å². The number of nitrogens with zero attached hydrogens (tertiary/aromatic N) is 4. The summed E-state index contributed by atoms with van der Waals surface area (Å²) in [4.78, 5) is 24.0. The smallest absolute Gasteiger partial charge is 0.233 e. The third-order valence-corrected chi connectivity index (χ3v) is 5.85. The molecule has 8 heteroatoms. The standard InChI is InChI=1S/C23H19Cl3N4O/c1-3-14-5-4-10-27-22(14)29(2)20(31)12-19-21(15-6-8-16(24)9-7-15)28-23-18(26)11-17(25)13-30(19)23/h4-11,13H,3,12H2,1-2H3. The molecule has 3 aromatic heterocycles. The Bertz CT molecular complexity index is 1270. The van der Waals surface area contributed by atoms with E-state index in [9.17, 15) is 4.79 Å². The van der Waals surface area contributed by atoms with Crippen molar-refractivity contribution < 1.29 is 4.79 Å². The molecule has 1 aromatic carbocycles. The van der Waals surface area contributed by atoms with Crippen LogP contribution in [-0.2, 0) is 17.6 Å². The minimum atomic E-state index is -0.124. The summed E-state index contributed by atoms with van der Waals surface area (Å²) in [6.07, 6.45) is 4.27. The first kappa shape index (κ1) is 21.6. The van der Waals surface area contributed by atoms with Gasteiger partial charge in [-0.1, -0.05) is 59.9 Å². The SMILES string of the molecule is CCc1cccnc1N(C)C(=O)Cc1c(-c2ccc(Cl)cc2)nc2c(Cl)cc(Cl)cn12. The van der Waals surface area contributed by atoms with Gasteiger partial charge < -0.3 is 4.40 Å². The first-order valence-electron chi connectivity index (χ1n) is 9.71. The summed E-state index contributed by atoms with van der Waals surface area (Å²) in [5, 5.41) is 1.48. The van der Waals surface area contributed by atoms with Crippen molar-refractivity contribution >= 4 is 52.2 Å². The molecule has 0 aliphatic heterocycles. The average molecular weight is 474 g/mol. The molecule has 0 radical (unpaired) electrons. The Morgan fingerprint density at radius 3 is 2.55 bits per heavy atom. The summed E-state index contributed by atoms with van der Waals surface area (Å²) in [5.74, 6) is 0.523. The number of imidazole rings is 1. The van der Waals surface area contributed by atoms with Gasteiger partial charge in [0.05, 0.1) is 27.9 Å². The molecule has 158 valence electrons. The molecule has 0 aliphatic carbocycles.